The van der Waals surface area contributed by atoms with Gasteiger partial charge in [0.1, 0.15) is 5.75 Å². The highest BCUT2D eigenvalue weighted by Crippen LogP contribution is 2.23. The lowest BCUT2D eigenvalue weighted by Crippen LogP contribution is -1.92. The molecule has 0 aliphatic rings. The van der Waals surface area contributed by atoms with E-state index in [0.717, 1.165) is 22.6 Å². The molecule has 0 unspecified atom stereocenters. The summed E-state index contributed by atoms with van der Waals surface area (Å²) in [4.78, 5) is 10.3. The summed E-state index contributed by atoms with van der Waals surface area (Å²) in [5.41, 5.74) is 3.00. The van der Waals surface area contributed by atoms with E-state index in [0.29, 0.717) is 6.41 Å². The molecule has 3 heteroatoms. The van der Waals surface area contributed by atoms with Crippen molar-refractivity contribution >= 4 is 12.1 Å². The van der Waals surface area contributed by atoms with Gasteiger partial charge in [-0.05, 0) is 35.4 Å². The Kier molecular flexibility index (Phi) is 3.40. The third-order valence-electron chi connectivity index (χ3n) is 2.53. The van der Waals surface area contributed by atoms with Gasteiger partial charge in [-0.3, -0.25) is 4.79 Å². The summed E-state index contributed by atoms with van der Waals surface area (Å²) in [5, 5.41) is 2.60. The van der Waals surface area contributed by atoms with Crippen molar-refractivity contribution in [3.63, 3.8) is 0 Å². The number of hydrogen-bond acceptors (Lipinski definition) is 2. The highest BCUT2D eigenvalue weighted by atomic mass is 16.5. The number of amides is 1. The Labute approximate surface area is 100 Å². The number of rotatable bonds is 4. The van der Waals surface area contributed by atoms with Gasteiger partial charge >= 0.3 is 0 Å². The standard InChI is InChI=1S/C14H13NO2/c1-17-14-8-4-12(5-9-14)11-2-6-13(7-3-11)15-10-16/h2-10H,1H3,(H,15,16). The van der Waals surface area contributed by atoms with Gasteiger partial charge in [0, 0.05) is 5.69 Å². The lowest BCUT2D eigenvalue weighted by molar-refractivity contribution is -0.105. The maximum absolute atomic E-state index is 10.3. The molecule has 0 saturated carbocycles. The van der Waals surface area contributed by atoms with Gasteiger partial charge in [-0.15, -0.1) is 0 Å². The molecule has 2 rings (SSSR count). The first-order chi connectivity index (χ1) is 8.33. The zero-order valence-electron chi connectivity index (χ0n) is 9.51. The lowest BCUT2D eigenvalue weighted by Gasteiger charge is -2.05. The molecule has 0 aromatic heterocycles. The molecule has 0 aliphatic heterocycles. The molecule has 3 nitrogen and oxygen atoms in total. The molecule has 86 valence electrons. The Bertz CT molecular complexity index is 489. The maximum atomic E-state index is 10.3. The summed E-state index contributed by atoms with van der Waals surface area (Å²) in [6.45, 7) is 0. The Balaban J connectivity index is 2.23. The van der Waals surface area contributed by atoms with Crippen LogP contribution >= 0.6 is 0 Å². The number of carbonyl (C=O) groups excluding carboxylic acids is 1. The minimum atomic E-state index is 0.669. The van der Waals surface area contributed by atoms with E-state index in [2.05, 4.69) is 5.32 Å². The normalized spacial score (nSPS) is 9.71. The third-order valence-corrected chi connectivity index (χ3v) is 2.53. The van der Waals surface area contributed by atoms with Crippen LogP contribution in [0.2, 0.25) is 0 Å². The quantitative estimate of drug-likeness (QED) is 0.815. The summed E-state index contributed by atoms with van der Waals surface area (Å²) in [5.74, 6) is 0.841. The fraction of sp³-hybridized carbons (Fsp3) is 0.0714. The number of methoxy groups -OCH3 is 1. The smallest absolute Gasteiger partial charge is 0.211 e. The van der Waals surface area contributed by atoms with Crippen LogP contribution in [0.3, 0.4) is 0 Å². The zero-order valence-corrected chi connectivity index (χ0v) is 9.51. The average Bonchev–Trinajstić information content (AvgIpc) is 2.40. The Morgan fingerprint density at radius 1 is 0.941 bits per heavy atom. The van der Waals surface area contributed by atoms with Gasteiger partial charge in [0.2, 0.25) is 6.41 Å². The fourth-order valence-corrected chi connectivity index (χ4v) is 1.61. The molecule has 0 saturated heterocycles. The SMILES string of the molecule is COc1ccc(-c2ccc(NC=O)cc2)cc1. The molecule has 0 heterocycles. The van der Waals surface area contributed by atoms with Crippen LogP contribution in [-0.4, -0.2) is 13.5 Å². The van der Waals surface area contributed by atoms with Gasteiger partial charge in [0.15, 0.2) is 0 Å². The summed E-state index contributed by atoms with van der Waals surface area (Å²) >= 11 is 0. The molecular weight excluding hydrogens is 214 g/mol. The van der Waals surface area contributed by atoms with Crippen LogP contribution in [0, 0.1) is 0 Å². The summed E-state index contributed by atoms with van der Waals surface area (Å²) in [6.07, 6.45) is 0.669. The minimum absolute atomic E-state index is 0.669. The predicted octanol–water partition coefficient (Wildman–Crippen LogP) is 2.93. The summed E-state index contributed by atoms with van der Waals surface area (Å²) in [6, 6.07) is 15.5. The van der Waals surface area contributed by atoms with Crippen LogP contribution in [0.5, 0.6) is 5.75 Å². The van der Waals surface area contributed by atoms with E-state index in [9.17, 15) is 4.79 Å². The molecular formula is C14H13NO2. The molecule has 0 spiro atoms. The van der Waals surface area contributed by atoms with Gasteiger partial charge in [-0.1, -0.05) is 24.3 Å². The van der Waals surface area contributed by atoms with E-state index in [1.807, 2.05) is 48.5 Å². The molecule has 0 atom stereocenters. The molecule has 0 radical (unpaired) electrons. The van der Waals surface area contributed by atoms with Crippen molar-refractivity contribution < 1.29 is 9.53 Å². The number of anilines is 1. The number of carbonyl (C=O) groups is 1. The van der Waals surface area contributed by atoms with Crippen molar-refractivity contribution in [3.05, 3.63) is 48.5 Å². The molecule has 2 aromatic carbocycles. The molecule has 2 aromatic rings. The van der Waals surface area contributed by atoms with Gasteiger partial charge in [0.25, 0.3) is 0 Å². The molecule has 1 amide bonds. The third kappa shape index (κ3) is 2.64. The largest absolute Gasteiger partial charge is 0.497 e. The van der Waals surface area contributed by atoms with Crippen LogP contribution in [0.15, 0.2) is 48.5 Å². The Morgan fingerprint density at radius 3 is 1.94 bits per heavy atom. The first kappa shape index (κ1) is 11.2. The topological polar surface area (TPSA) is 38.3 Å². The minimum Gasteiger partial charge on any atom is -0.497 e. The van der Waals surface area contributed by atoms with Gasteiger partial charge in [0.05, 0.1) is 7.11 Å². The molecule has 0 aliphatic carbocycles. The van der Waals surface area contributed by atoms with Crippen molar-refractivity contribution in [1.29, 1.82) is 0 Å². The second-order valence-electron chi connectivity index (χ2n) is 3.57. The van der Waals surface area contributed by atoms with Gasteiger partial charge in [-0.2, -0.15) is 0 Å². The summed E-state index contributed by atoms with van der Waals surface area (Å²) in [7, 11) is 1.65. The van der Waals surface area contributed by atoms with Crippen LogP contribution in [0.4, 0.5) is 5.69 Å². The number of nitrogens with one attached hydrogen (secondary N) is 1. The average molecular weight is 227 g/mol. The van der Waals surface area contributed by atoms with Gasteiger partial charge in [-0.25, -0.2) is 0 Å². The highest BCUT2D eigenvalue weighted by Gasteiger charge is 1.98. The van der Waals surface area contributed by atoms with E-state index >= 15 is 0 Å². The number of benzene rings is 2. The number of hydrogen-bond donors (Lipinski definition) is 1. The van der Waals surface area contributed by atoms with Crippen molar-refractivity contribution in [3.8, 4) is 16.9 Å². The van der Waals surface area contributed by atoms with Gasteiger partial charge < -0.3 is 10.1 Å². The van der Waals surface area contributed by atoms with Crippen molar-refractivity contribution in [1.82, 2.24) is 0 Å². The van der Waals surface area contributed by atoms with Crippen LogP contribution in [-0.2, 0) is 4.79 Å². The van der Waals surface area contributed by atoms with E-state index in [-0.39, 0.29) is 0 Å². The van der Waals surface area contributed by atoms with E-state index in [1.54, 1.807) is 7.11 Å². The first-order valence-electron chi connectivity index (χ1n) is 5.28. The highest BCUT2D eigenvalue weighted by molar-refractivity contribution is 5.73. The first-order valence-corrected chi connectivity index (χ1v) is 5.28. The van der Waals surface area contributed by atoms with E-state index in [1.165, 1.54) is 0 Å². The van der Waals surface area contributed by atoms with Crippen molar-refractivity contribution in [2.45, 2.75) is 0 Å². The molecule has 17 heavy (non-hydrogen) atoms. The monoisotopic (exact) mass is 227 g/mol. The molecule has 0 fully saturated rings. The fourth-order valence-electron chi connectivity index (χ4n) is 1.61. The van der Waals surface area contributed by atoms with Crippen LogP contribution in [0.1, 0.15) is 0 Å². The zero-order chi connectivity index (χ0) is 12.1. The second-order valence-corrected chi connectivity index (χ2v) is 3.57. The van der Waals surface area contributed by atoms with E-state index < -0.39 is 0 Å². The maximum Gasteiger partial charge on any atom is 0.211 e. The van der Waals surface area contributed by atoms with Crippen molar-refractivity contribution in [2.75, 3.05) is 12.4 Å². The lowest BCUT2D eigenvalue weighted by atomic mass is 10.1. The van der Waals surface area contributed by atoms with Crippen LogP contribution < -0.4 is 10.1 Å². The van der Waals surface area contributed by atoms with Crippen molar-refractivity contribution in [2.24, 2.45) is 0 Å². The predicted molar refractivity (Wildman–Crippen MR) is 68.1 cm³/mol. The molecule has 0 bridgehead atoms. The summed E-state index contributed by atoms with van der Waals surface area (Å²) < 4.78 is 5.11. The molecule has 1 N–H and O–H groups in total. The number of ether oxygens (including phenoxy) is 1. The Morgan fingerprint density at radius 2 is 1.47 bits per heavy atom. The Hall–Kier alpha value is -2.29. The second kappa shape index (κ2) is 5.16. The van der Waals surface area contributed by atoms with E-state index in [4.69, 9.17) is 4.74 Å². The van der Waals surface area contributed by atoms with Crippen LogP contribution in [0.25, 0.3) is 11.1 Å².